The van der Waals surface area contributed by atoms with Gasteiger partial charge in [-0.15, -0.1) is 0 Å². The zero-order chi connectivity index (χ0) is 20.9. The van der Waals surface area contributed by atoms with Gasteiger partial charge in [-0.3, -0.25) is 9.71 Å². The zero-order valence-electron chi connectivity index (χ0n) is 14.9. The number of sulfonamides is 1. The fourth-order valence-electron chi connectivity index (χ4n) is 2.43. The SMILES string of the molecule is O=C(NCc1cccnc1)Nc1ccc(NS(=O)(=O)c2c(Cl)cccc2Cl)cc1. The van der Waals surface area contributed by atoms with E-state index in [1.54, 1.807) is 36.7 Å². The van der Waals surface area contributed by atoms with Crippen LogP contribution in [0, 0.1) is 0 Å². The van der Waals surface area contributed by atoms with E-state index in [-0.39, 0.29) is 14.9 Å². The van der Waals surface area contributed by atoms with Crippen LogP contribution in [0.2, 0.25) is 10.0 Å². The number of aromatic nitrogens is 1. The zero-order valence-corrected chi connectivity index (χ0v) is 17.2. The van der Waals surface area contributed by atoms with Gasteiger partial charge in [0.25, 0.3) is 10.0 Å². The number of hydrogen-bond acceptors (Lipinski definition) is 4. The highest BCUT2D eigenvalue weighted by molar-refractivity contribution is 7.93. The Morgan fingerprint density at radius 2 is 1.59 bits per heavy atom. The minimum Gasteiger partial charge on any atom is -0.334 e. The van der Waals surface area contributed by atoms with Crippen molar-refractivity contribution in [2.24, 2.45) is 0 Å². The first-order valence-corrected chi connectivity index (χ1v) is 10.6. The summed E-state index contributed by atoms with van der Waals surface area (Å²) in [5.74, 6) is 0. The molecule has 2 aromatic carbocycles. The molecule has 3 rings (SSSR count). The van der Waals surface area contributed by atoms with Gasteiger partial charge in [0, 0.05) is 30.3 Å². The summed E-state index contributed by atoms with van der Waals surface area (Å²) in [5.41, 5.74) is 1.65. The Labute approximate surface area is 178 Å². The average Bonchev–Trinajstić information content (AvgIpc) is 2.68. The second-order valence-electron chi connectivity index (χ2n) is 5.90. The van der Waals surface area contributed by atoms with E-state index in [2.05, 4.69) is 20.3 Å². The number of amides is 2. The van der Waals surface area contributed by atoms with Crippen molar-refractivity contribution in [2.45, 2.75) is 11.4 Å². The predicted octanol–water partition coefficient (Wildman–Crippen LogP) is 4.51. The van der Waals surface area contributed by atoms with E-state index in [0.29, 0.717) is 17.9 Å². The molecule has 0 aliphatic heterocycles. The molecule has 0 atom stereocenters. The van der Waals surface area contributed by atoms with Gasteiger partial charge in [0.15, 0.2) is 0 Å². The van der Waals surface area contributed by atoms with Gasteiger partial charge in [-0.05, 0) is 48.0 Å². The number of hydrogen-bond donors (Lipinski definition) is 3. The summed E-state index contributed by atoms with van der Waals surface area (Å²) in [5, 5.41) is 5.41. The van der Waals surface area contributed by atoms with Gasteiger partial charge in [-0.25, -0.2) is 13.2 Å². The summed E-state index contributed by atoms with van der Waals surface area (Å²) in [4.78, 5) is 15.8. The molecule has 0 spiro atoms. The molecule has 150 valence electrons. The molecule has 0 fully saturated rings. The standard InChI is InChI=1S/C19H16Cl2N4O3S/c20-16-4-1-5-17(21)18(16)29(27,28)25-15-8-6-14(7-9-15)24-19(26)23-12-13-3-2-10-22-11-13/h1-11,25H,12H2,(H2,23,24,26). The van der Waals surface area contributed by atoms with E-state index in [9.17, 15) is 13.2 Å². The number of carbonyl (C=O) groups excluding carboxylic acids is 1. The van der Waals surface area contributed by atoms with Crippen molar-refractivity contribution in [2.75, 3.05) is 10.0 Å². The van der Waals surface area contributed by atoms with Crippen LogP contribution in [0.1, 0.15) is 5.56 Å². The number of carbonyl (C=O) groups is 1. The van der Waals surface area contributed by atoms with Gasteiger partial charge >= 0.3 is 6.03 Å². The van der Waals surface area contributed by atoms with Crippen LogP contribution in [-0.2, 0) is 16.6 Å². The normalized spacial score (nSPS) is 11.0. The topological polar surface area (TPSA) is 100 Å². The van der Waals surface area contributed by atoms with Crippen LogP contribution in [0.25, 0.3) is 0 Å². The molecule has 0 saturated heterocycles. The lowest BCUT2D eigenvalue weighted by molar-refractivity contribution is 0.251. The number of benzene rings is 2. The minimum atomic E-state index is -3.97. The maximum absolute atomic E-state index is 12.6. The summed E-state index contributed by atoms with van der Waals surface area (Å²) >= 11 is 11.9. The molecular formula is C19H16Cl2N4O3S. The van der Waals surface area contributed by atoms with E-state index in [1.165, 1.54) is 24.3 Å². The van der Waals surface area contributed by atoms with Crippen molar-refractivity contribution >= 4 is 50.6 Å². The Morgan fingerprint density at radius 1 is 0.931 bits per heavy atom. The molecule has 1 heterocycles. The maximum Gasteiger partial charge on any atom is 0.319 e. The lowest BCUT2D eigenvalue weighted by Gasteiger charge is -2.12. The fourth-order valence-corrected chi connectivity index (χ4v) is 4.63. The first-order chi connectivity index (χ1) is 13.8. The Balaban J connectivity index is 1.62. The Bertz CT molecular complexity index is 1090. The molecule has 1 aromatic heterocycles. The van der Waals surface area contributed by atoms with Crippen LogP contribution in [0.3, 0.4) is 0 Å². The van der Waals surface area contributed by atoms with Crippen molar-refractivity contribution < 1.29 is 13.2 Å². The molecule has 0 bridgehead atoms. The van der Waals surface area contributed by atoms with E-state index < -0.39 is 16.1 Å². The molecule has 3 aromatic rings. The maximum atomic E-state index is 12.6. The largest absolute Gasteiger partial charge is 0.334 e. The molecule has 0 radical (unpaired) electrons. The molecule has 0 aliphatic rings. The average molecular weight is 451 g/mol. The molecule has 10 heteroatoms. The Morgan fingerprint density at radius 3 is 2.21 bits per heavy atom. The first kappa shape index (κ1) is 20.9. The van der Waals surface area contributed by atoms with Crippen LogP contribution < -0.4 is 15.4 Å². The van der Waals surface area contributed by atoms with Gasteiger partial charge < -0.3 is 10.6 Å². The van der Waals surface area contributed by atoms with Gasteiger partial charge in [0.2, 0.25) is 0 Å². The van der Waals surface area contributed by atoms with Crippen LogP contribution in [-0.4, -0.2) is 19.4 Å². The number of urea groups is 1. The minimum absolute atomic E-state index is 0.0218. The van der Waals surface area contributed by atoms with Crippen molar-refractivity contribution in [1.82, 2.24) is 10.3 Å². The van der Waals surface area contributed by atoms with E-state index in [0.717, 1.165) is 5.56 Å². The number of rotatable bonds is 6. The van der Waals surface area contributed by atoms with Crippen LogP contribution in [0.15, 0.2) is 71.9 Å². The Kier molecular flexibility index (Phi) is 6.58. The molecule has 3 N–H and O–H groups in total. The smallest absolute Gasteiger partial charge is 0.319 e. The summed E-state index contributed by atoms with van der Waals surface area (Å²) in [7, 11) is -3.97. The molecule has 7 nitrogen and oxygen atoms in total. The lowest BCUT2D eigenvalue weighted by Crippen LogP contribution is -2.28. The highest BCUT2D eigenvalue weighted by Crippen LogP contribution is 2.30. The van der Waals surface area contributed by atoms with Crippen LogP contribution in [0.5, 0.6) is 0 Å². The molecule has 2 amide bonds. The third-order valence-corrected chi connectivity index (χ3v) is 6.09. The second kappa shape index (κ2) is 9.13. The molecule has 0 saturated carbocycles. The number of halogens is 2. The van der Waals surface area contributed by atoms with Crippen molar-refractivity contribution in [3.8, 4) is 0 Å². The Hall–Kier alpha value is -2.81. The highest BCUT2D eigenvalue weighted by Gasteiger charge is 2.21. The fraction of sp³-hybridized carbons (Fsp3) is 0.0526. The summed E-state index contributed by atoms with van der Waals surface area (Å²) in [6.45, 7) is 0.330. The summed E-state index contributed by atoms with van der Waals surface area (Å²) < 4.78 is 27.5. The number of nitrogens with zero attached hydrogens (tertiary/aromatic N) is 1. The molecular weight excluding hydrogens is 435 g/mol. The molecule has 29 heavy (non-hydrogen) atoms. The van der Waals surface area contributed by atoms with Crippen LogP contribution in [0.4, 0.5) is 16.2 Å². The van der Waals surface area contributed by atoms with Crippen molar-refractivity contribution in [3.63, 3.8) is 0 Å². The van der Waals surface area contributed by atoms with Gasteiger partial charge in [0.05, 0.1) is 10.0 Å². The monoisotopic (exact) mass is 450 g/mol. The lowest BCUT2D eigenvalue weighted by atomic mass is 10.3. The van der Waals surface area contributed by atoms with Crippen LogP contribution >= 0.6 is 23.2 Å². The van der Waals surface area contributed by atoms with E-state index in [4.69, 9.17) is 23.2 Å². The predicted molar refractivity (Wildman–Crippen MR) is 114 cm³/mol. The van der Waals surface area contributed by atoms with Crippen molar-refractivity contribution in [3.05, 3.63) is 82.6 Å². The van der Waals surface area contributed by atoms with Crippen molar-refractivity contribution in [1.29, 1.82) is 0 Å². The highest BCUT2D eigenvalue weighted by atomic mass is 35.5. The summed E-state index contributed by atoms with van der Waals surface area (Å²) in [6.07, 6.45) is 3.31. The van der Waals surface area contributed by atoms with E-state index in [1.807, 2.05) is 6.07 Å². The second-order valence-corrected chi connectivity index (χ2v) is 8.34. The van der Waals surface area contributed by atoms with E-state index >= 15 is 0 Å². The molecule has 0 unspecified atom stereocenters. The number of pyridine rings is 1. The summed E-state index contributed by atoms with van der Waals surface area (Å²) in [6, 6.07) is 13.8. The third-order valence-electron chi connectivity index (χ3n) is 3.76. The van der Waals surface area contributed by atoms with Gasteiger partial charge in [-0.1, -0.05) is 35.3 Å². The number of nitrogens with one attached hydrogen (secondary N) is 3. The third kappa shape index (κ3) is 5.60. The van der Waals surface area contributed by atoms with Gasteiger partial charge in [-0.2, -0.15) is 0 Å². The van der Waals surface area contributed by atoms with Gasteiger partial charge in [0.1, 0.15) is 4.90 Å². The quantitative estimate of drug-likeness (QED) is 0.514. The first-order valence-electron chi connectivity index (χ1n) is 8.36. The molecule has 0 aliphatic carbocycles. The number of anilines is 2.